The van der Waals surface area contributed by atoms with Crippen LogP contribution in [0.15, 0.2) is 18.3 Å². The number of anilines is 1. The molecule has 84 valence electrons. The molecule has 0 fully saturated rings. The molecular weight excluding hydrogens is 188 g/mol. The fraction of sp³-hybridized carbons (Fsp3) is 0.583. The van der Waals surface area contributed by atoms with Gasteiger partial charge < -0.3 is 10.8 Å². The lowest BCUT2D eigenvalue weighted by Crippen LogP contribution is -2.40. The van der Waals surface area contributed by atoms with Crippen molar-refractivity contribution < 1.29 is 5.11 Å². The fourth-order valence-corrected chi connectivity index (χ4v) is 1.27. The van der Waals surface area contributed by atoms with Gasteiger partial charge in [0.1, 0.15) is 5.82 Å². The maximum Gasteiger partial charge on any atom is 0.123 e. The normalized spacial score (nSPS) is 12.9. The van der Waals surface area contributed by atoms with Crippen molar-refractivity contribution >= 4 is 5.82 Å². The molecule has 0 aromatic carbocycles. The summed E-state index contributed by atoms with van der Waals surface area (Å²) in [6, 6.07) is 3.74. The number of rotatable bonds is 3. The minimum Gasteiger partial charge on any atom is -0.390 e. The van der Waals surface area contributed by atoms with Gasteiger partial charge in [0.15, 0.2) is 0 Å². The number of hydrogen-bond acceptors (Lipinski definition) is 3. The van der Waals surface area contributed by atoms with Crippen molar-refractivity contribution in [2.24, 2.45) is 5.41 Å². The molecule has 1 aromatic rings. The zero-order valence-electron chi connectivity index (χ0n) is 9.91. The topological polar surface area (TPSA) is 59.1 Å². The summed E-state index contributed by atoms with van der Waals surface area (Å²) < 4.78 is 0. The summed E-state index contributed by atoms with van der Waals surface area (Å²) >= 11 is 0. The minimum absolute atomic E-state index is 0.190. The van der Waals surface area contributed by atoms with Gasteiger partial charge in [-0.15, -0.1) is 0 Å². The molecule has 0 saturated heterocycles. The summed E-state index contributed by atoms with van der Waals surface area (Å²) in [4.78, 5) is 4.04. The Morgan fingerprint density at radius 2 is 1.87 bits per heavy atom. The Bertz CT molecular complexity index is 322. The molecule has 0 unspecified atom stereocenters. The Morgan fingerprint density at radius 3 is 2.27 bits per heavy atom. The summed E-state index contributed by atoms with van der Waals surface area (Å²) in [5, 5.41) is 10.0. The number of aromatic nitrogens is 1. The van der Waals surface area contributed by atoms with E-state index in [9.17, 15) is 5.11 Å². The van der Waals surface area contributed by atoms with Crippen LogP contribution in [0, 0.1) is 5.41 Å². The van der Waals surface area contributed by atoms with Crippen LogP contribution in [0.2, 0.25) is 0 Å². The SMILES string of the molecule is CC(C)(O)C(C)(C)Cc1ccc(N)nc1. The van der Waals surface area contributed by atoms with E-state index in [-0.39, 0.29) is 5.41 Å². The zero-order valence-corrected chi connectivity index (χ0v) is 9.91. The third kappa shape index (κ3) is 2.93. The Labute approximate surface area is 91.3 Å². The van der Waals surface area contributed by atoms with Gasteiger partial charge in [-0.05, 0) is 37.3 Å². The van der Waals surface area contributed by atoms with Gasteiger partial charge >= 0.3 is 0 Å². The molecule has 0 amide bonds. The Balaban J connectivity index is 2.82. The van der Waals surface area contributed by atoms with Crippen LogP contribution in [-0.2, 0) is 6.42 Å². The Morgan fingerprint density at radius 1 is 1.27 bits per heavy atom. The summed E-state index contributed by atoms with van der Waals surface area (Å²) in [5.74, 6) is 0.528. The Kier molecular flexibility index (Phi) is 3.05. The number of nitrogen functional groups attached to an aromatic ring is 1. The third-order valence-electron chi connectivity index (χ3n) is 3.15. The lowest BCUT2D eigenvalue weighted by Gasteiger charge is -2.37. The van der Waals surface area contributed by atoms with Crippen LogP contribution in [-0.4, -0.2) is 15.7 Å². The molecule has 0 atom stereocenters. The van der Waals surface area contributed by atoms with E-state index >= 15 is 0 Å². The molecule has 3 nitrogen and oxygen atoms in total. The van der Waals surface area contributed by atoms with Gasteiger partial charge in [-0.25, -0.2) is 4.98 Å². The Hall–Kier alpha value is -1.09. The van der Waals surface area contributed by atoms with Crippen molar-refractivity contribution in [1.29, 1.82) is 0 Å². The third-order valence-corrected chi connectivity index (χ3v) is 3.15. The van der Waals surface area contributed by atoms with Crippen LogP contribution < -0.4 is 5.73 Å². The minimum atomic E-state index is -0.714. The van der Waals surface area contributed by atoms with E-state index in [1.807, 2.05) is 33.8 Å². The molecule has 1 aromatic heterocycles. The van der Waals surface area contributed by atoms with Gasteiger partial charge in [-0.2, -0.15) is 0 Å². The van der Waals surface area contributed by atoms with E-state index < -0.39 is 5.60 Å². The van der Waals surface area contributed by atoms with Crippen molar-refractivity contribution in [3.63, 3.8) is 0 Å². The summed E-state index contributed by atoms with van der Waals surface area (Å²) in [7, 11) is 0. The lowest BCUT2D eigenvalue weighted by molar-refractivity contribution is -0.0344. The molecular formula is C12H20N2O. The van der Waals surface area contributed by atoms with Crippen LogP contribution in [0.3, 0.4) is 0 Å². The standard InChI is InChI=1S/C12H20N2O/c1-11(2,12(3,4)15)7-9-5-6-10(13)14-8-9/h5-6,8,15H,7H2,1-4H3,(H2,13,14). The van der Waals surface area contributed by atoms with Crippen LogP contribution in [0.25, 0.3) is 0 Å². The number of aliphatic hydroxyl groups is 1. The molecule has 0 aliphatic carbocycles. The molecule has 0 radical (unpaired) electrons. The second-order valence-electron chi connectivity index (χ2n) is 5.21. The van der Waals surface area contributed by atoms with E-state index in [1.165, 1.54) is 0 Å². The highest BCUT2D eigenvalue weighted by molar-refractivity contribution is 5.29. The van der Waals surface area contributed by atoms with Crippen LogP contribution >= 0.6 is 0 Å². The average molecular weight is 208 g/mol. The van der Waals surface area contributed by atoms with E-state index in [4.69, 9.17) is 5.73 Å². The van der Waals surface area contributed by atoms with Crippen LogP contribution in [0.4, 0.5) is 5.82 Å². The number of nitrogens with two attached hydrogens (primary N) is 1. The predicted octanol–water partition coefficient (Wildman–Crippen LogP) is 2.00. The second kappa shape index (κ2) is 3.81. The van der Waals surface area contributed by atoms with Crippen LogP contribution in [0.1, 0.15) is 33.3 Å². The number of hydrogen-bond donors (Lipinski definition) is 2. The van der Waals surface area contributed by atoms with Crippen molar-refractivity contribution in [1.82, 2.24) is 4.98 Å². The maximum absolute atomic E-state index is 10.0. The van der Waals surface area contributed by atoms with E-state index in [0.29, 0.717) is 5.82 Å². The molecule has 0 spiro atoms. The van der Waals surface area contributed by atoms with Crippen LogP contribution in [0.5, 0.6) is 0 Å². The first kappa shape index (κ1) is 12.0. The fourth-order valence-electron chi connectivity index (χ4n) is 1.27. The number of nitrogens with zero attached hydrogens (tertiary/aromatic N) is 1. The van der Waals surface area contributed by atoms with Crippen molar-refractivity contribution in [3.05, 3.63) is 23.9 Å². The van der Waals surface area contributed by atoms with Gasteiger partial charge in [-0.3, -0.25) is 0 Å². The van der Waals surface area contributed by atoms with E-state index in [0.717, 1.165) is 12.0 Å². The monoisotopic (exact) mass is 208 g/mol. The lowest BCUT2D eigenvalue weighted by atomic mass is 9.73. The van der Waals surface area contributed by atoms with Crippen molar-refractivity contribution in [3.8, 4) is 0 Å². The maximum atomic E-state index is 10.0. The first-order chi connectivity index (χ1) is 6.72. The second-order valence-corrected chi connectivity index (χ2v) is 5.21. The summed E-state index contributed by atoms with van der Waals surface area (Å²) in [6.07, 6.45) is 2.55. The van der Waals surface area contributed by atoms with Gasteiger partial charge in [-0.1, -0.05) is 19.9 Å². The molecule has 1 heterocycles. The van der Waals surface area contributed by atoms with E-state index in [1.54, 1.807) is 12.3 Å². The van der Waals surface area contributed by atoms with E-state index in [2.05, 4.69) is 4.98 Å². The molecule has 0 aliphatic rings. The van der Waals surface area contributed by atoms with Gasteiger partial charge in [0.05, 0.1) is 5.60 Å². The number of pyridine rings is 1. The van der Waals surface area contributed by atoms with Crippen molar-refractivity contribution in [2.45, 2.75) is 39.7 Å². The highest BCUT2D eigenvalue weighted by atomic mass is 16.3. The highest BCUT2D eigenvalue weighted by Gasteiger charge is 2.34. The smallest absolute Gasteiger partial charge is 0.123 e. The van der Waals surface area contributed by atoms with Gasteiger partial charge in [0.2, 0.25) is 0 Å². The molecule has 0 bridgehead atoms. The largest absolute Gasteiger partial charge is 0.390 e. The molecule has 15 heavy (non-hydrogen) atoms. The molecule has 0 saturated carbocycles. The molecule has 3 heteroatoms. The van der Waals surface area contributed by atoms with Crippen molar-refractivity contribution in [2.75, 3.05) is 5.73 Å². The average Bonchev–Trinajstić information content (AvgIpc) is 2.06. The quantitative estimate of drug-likeness (QED) is 0.798. The predicted molar refractivity (Wildman–Crippen MR) is 62.4 cm³/mol. The summed E-state index contributed by atoms with van der Waals surface area (Å²) in [6.45, 7) is 7.75. The first-order valence-electron chi connectivity index (χ1n) is 5.15. The molecule has 3 N–H and O–H groups in total. The van der Waals surface area contributed by atoms with Gasteiger partial charge in [0.25, 0.3) is 0 Å². The van der Waals surface area contributed by atoms with Gasteiger partial charge in [0, 0.05) is 6.20 Å². The zero-order chi connectivity index (χ0) is 11.7. The summed E-state index contributed by atoms with van der Waals surface area (Å²) in [5.41, 5.74) is 5.71. The first-order valence-corrected chi connectivity index (χ1v) is 5.15. The highest BCUT2D eigenvalue weighted by Crippen LogP contribution is 2.33. The molecule has 0 aliphatic heterocycles. The molecule has 1 rings (SSSR count).